The fourth-order valence-corrected chi connectivity index (χ4v) is 3.58. The number of anilines is 1. The number of benzene rings is 2. The van der Waals surface area contributed by atoms with Crippen molar-refractivity contribution < 1.29 is 8.42 Å². The van der Waals surface area contributed by atoms with Gasteiger partial charge in [0.15, 0.2) is 0 Å². The molecule has 3 rings (SSSR count). The van der Waals surface area contributed by atoms with Crippen LogP contribution in [0.1, 0.15) is 5.56 Å². The molecule has 102 valence electrons. The molecule has 20 heavy (non-hydrogen) atoms. The number of nitrogen functional groups attached to an aromatic ring is 1. The minimum absolute atomic E-state index is 0.254. The molecule has 1 aromatic heterocycles. The Morgan fingerprint density at radius 3 is 2.35 bits per heavy atom. The Bertz CT molecular complexity index is 878. The maximum Gasteiger partial charge on any atom is 0.268 e. The van der Waals surface area contributed by atoms with Gasteiger partial charge in [0.1, 0.15) is 0 Å². The Balaban J connectivity index is 2.27. The zero-order chi connectivity index (χ0) is 14.3. The molecule has 0 aliphatic carbocycles. The van der Waals surface area contributed by atoms with Gasteiger partial charge < -0.3 is 5.73 Å². The van der Waals surface area contributed by atoms with Gasteiger partial charge in [-0.1, -0.05) is 35.9 Å². The van der Waals surface area contributed by atoms with Crippen LogP contribution in [0.15, 0.2) is 59.6 Å². The van der Waals surface area contributed by atoms with Crippen LogP contribution >= 0.6 is 0 Å². The van der Waals surface area contributed by atoms with Crippen LogP contribution in [0.4, 0.5) is 5.69 Å². The Labute approximate surface area is 117 Å². The Kier molecular flexibility index (Phi) is 2.79. The summed E-state index contributed by atoms with van der Waals surface area (Å²) in [5.74, 6) is 0. The standard InChI is InChI=1S/C15H14N2O2S/c1-11-6-8-12(9-7-11)20(18,19)17-10-14(16)13-4-2-3-5-15(13)17/h2-10H,16H2,1H3. The Morgan fingerprint density at radius 2 is 1.65 bits per heavy atom. The van der Waals surface area contributed by atoms with Crippen LogP contribution in [-0.2, 0) is 10.0 Å². The maximum absolute atomic E-state index is 12.7. The van der Waals surface area contributed by atoms with Crippen molar-refractivity contribution >= 4 is 26.6 Å². The van der Waals surface area contributed by atoms with Crippen molar-refractivity contribution in [3.8, 4) is 0 Å². The largest absolute Gasteiger partial charge is 0.397 e. The summed E-state index contributed by atoms with van der Waals surface area (Å²) in [7, 11) is -3.62. The van der Waals surface area contributed by atoms with Gasteiger partial charge in [-0.25, -0.2) is 12.4 Å². The van der Waals surface area contributed by atoms with Gasteiger partial charge in [0.25, 0.3) is 10.0 Å². The van der Waals surface area contributed by atoms with Gasteiger partial charge in [-0.2, -0.15) is 0 Å². The molecule has 0 amide bonds. The first kappa shape index (κ1) is 12.7. The molecule has 0 atom stereocenters. The minimum atomic E-state index is -3.62. The van der Waals surface area contributed by atoms with Crippen LogP contribution in [0, 0.1) is 6.92 Å². The Hall–Kier alpha value is -2.27. The average Bonchev–Trinajstić information content (AvgIpc) is 2.78. The third-order valence-electron chi connectivity index (χ3n) is 3.29. The number of aryl methyl sites for hydroxylation is 1. The smallest absolute Gasteiger partial charge is 0.268 e. The topological polar surface area (TPSA) is 65.1 Å². The summed E-state index contributed by atoms with van der Waals surface area (Å²) in [4.78, 5) is 0.254. The van der Waals surface area contributed by atoms with E-state index in [1.807, 2.05) is 19.1 Å². The van der Waals surface area contributed by atoms with Gasteiger partial charge >= 0.3 is 0 Å². The lowest BCUT2D eigenvalue weighted by Crippen LogP contribution is -2.11. The van der Waals surface area contributed by atoms with Gasteiger partial charge in [-0.3, -0.25) is 0 Å². The summed E-state index contributed by atoms with van der Waals surface area (Å²) >= 11 is 0. The zero-order valence-corrected chi connectivity index (χ0v) is 11.8. The lowest BCUT2D eigenvalue weighted by molar-refractivity contribution is 0.589. The molecule has 0 fully saturated rings. The van der Waals surface area contributed by atoms with Gasteiger partial charge in [-0.15, -0.1) is 0 Å². The van der Waals surface area contributed by atoms with Crippen LogP contribution in [-0.4, -0.2) is 12.4 Å². The van der Waals surface area contributed by atoms with Crippen LogP contribution in [0.25, 0.3) is 10.9 Å². The highest BCUT2D eigenvalue weighted by Crippen LogP contribution is 2.27. The first-order valence-corrected chi connectivity index (χ1v) is 7.62. The molecular weight excluding hydrogens is 272 g/mol. The van der Waals surface area contributed by atoms with Crippen LogP contribution in [0.2, 0.25) is 0 Å². The van der Waals surface area contributed by atoms with Crippen molar-refractivity contribution in [3.05, 3.63) is 60.3 Å². The third kappa shape index (κ3) is 1.87. The van der Waals surface area contributed by atoms with E-state index in [1.165, 1.54) is 10.2 Å². The fraction of sp³-hybridized carbons (Fsp3) is 0.0667. The van der Waals surface area contributed by atoms with Crippen molar-refractivity contribution in [2.75, 3.05) is 5.73 Å². The van der Waals surface area contributed by atoms with Gasteiger partial charge in [0.2, 0.25) is 0 Å². The molecule has 1 heterocycles. The van der Waals surface area contributed by atoms with E-state index in [4.69, 9.17) is 5.73 Å². The van der Waals surface area contributed by atoms with E-state index in [2.05, 4.69) is 0 Å². The molecule has 0 spiro atoms. The van der Waals surface area contributed by atoms with Crippen molar-refractivity contribution in [2.45, 2.75) is 11.8 Å². The number of nitrogens with two attached hydrogens (primary N) is 1. The van der Waals surface area contributed by atoms with E-state index in [1.54, 1.807) is 36.4 Å². The lowest BCUT2D eigenvalue weighted by Gasteiger charge is -2.07. The summed E-state index contributed by atoms with van der Waals surface area (Å²) in [5, 5.41) is 0.739. The maximum atomic E-state index is 12.7. The summed E-state index contributed by atoms with van der Waals surface area (Å²) in [6, 6.07) is 14.0. The summed E-state index contributed by atoms with van der Waals surface area (Å²) in [6.07, 6.45) is 1.46. The van der Waals surface area contributed by atoms with Gasteiger partial charge in [0.05, 0.1) is 16.1 Å². The molecule has 2 N–H and O–H groups in total. The normalized spacial score (nSPS) is 11.8. The first-order chi connectivity index (χ1) is 9.50. The predicted molar refractivity (Wildman–Crippen MR) is 80.1 cm³/mol. The number of hydrogen-bond donors (Lipinski definition) is 1. The second-order valence-corrected chi connectivity index (χ2v) is 6.53. The molecule has 0 aliphatic heterocycles. The van der Waals surface area contributed by atoms with Crippen LogP contribution in [0.3, 0.4) is 0 Å². The van der Waals surface area contributed by atoms with Crippen molar-refractivity contribution in [2.24, 2.45) is 0 Å². The predicted octanol–water partition coefficient (Wildman–Crippen LogP) is 2.77. The molecule has 3 aromatic rings. The lowest BCUT2D eigenvalue weighted by atomic mass is 10.2. The number of para-hydroxylation sites is 1. The van der Waals surface area contributed by atoms with Crippen LogP contribution in [0.5, 0.6) is 0 Å². The zero-order valence-electron chi connectivity index (χ0n) is 10.9. The van der Waals surface area contributed by atoms with Gasteiger partial charge in [0, 0.05) is 11.6 Å². The third-order valence-corrected chi connectivity index (χ3v) is 4.97. The molecular formula is C15H14N2O2S. The van der Waals surface area contributed by atoms with E-state index in [0.29, 0.717) is 11.2 Å². The second-order valence-electron chi connectivity index (χ2n) is 4.72. The van der Waals surface area contributed by atoms with Gasteiger partial charge in [-0.05, 0) is 25.1 Å². The van der Waals surface area contributed by atoms with Crippen LogP contribution < -0.4 is 5.73 Å². The number of fused-ring (bicyclic) bond motifs is 1. The van der Waals surface area contributed by atoms with Crippen molar-refractivity contribution in [1.82, 2.24) is 3.97 Å². The summed E-state index contributed by atoms with van der Waals surface area (Å²) in [5.41, 5.74) is 7.95. The highest BCUT2D eigenvalue weighted by Gasteiger charge is 2.20. The molecule has 0 saturated carbocycles. The molecule has 0 bridgehead atoms. The molecule has 2 aromatic carbocycles. The minimum Gasteiger partial charge on any atom is -0.397 e. The number of aromatic nitrogens is 1. The van der Waals surface area contributed by atoms with E-state index in [-0.39, 0.29) is 4.90 Å². The summed E-state index contributed by atoms with van der Waals surface area (Å²) in [6.45, 7) is 1.92. The molecule has 0 saturated heterocycles. The molecule has 0 radical (unpaired) electrons. The molecule has 5 heteroatoms. The van der Waals surface area contributed by atoms with E-state index < -0.39 is 10.0 Å². The number of nitrogens with zero attached hydrogens (tertiary/aromatic N) is 1. The molecule has 0 aliphatic rings. The number of rotatable bonds is 2. The van der Waals surface area contributed by atoms with E-state index in [0.717, 1.165) is 10.9 Å². The highest BCUT2D eigenvalue weighted by molar-refractivity contribution is 7.90. The first-order valence-electron chi connectivity index (χ1n) is 6.18. The second kappa shape index (κ2) is 4.38. The van der Waals surface area contributed by atoms with Crippen molar-refractivity contribution in [1.29, 1.82) is 0 Å². The SMILES string of the molecule is Cc1ccc(S(=O)(=O)n2cc(N)c3ccccc32)cc1. The van der Waals surface area contributed by atoms with E-state index >= 15 is 0 Å². The highest BCUT2D eigenvalue weighted by atomic mass is 32.2. The quantitative estimate of drug-likeness (QED) is 0.787. The molecule has 4 nitrogen and oxygen atoms in total. The summed E-state index contributed by atoms with van der Waals surface area (Å²) < 4.78 is 26.6. The molecule has 0 unspecified atom stereocenters. The monoisotopic (exact) mass is 286 g/mol. The average molecular weight is 286 g/mol. The fourth-order valence-electron chi connectivity index (χ4n) is 2.20. The van der Waals surface area contributed by atoms with E-state index in [9.17, 15) is 8.42 Å². The van der Waals surface area contributed by atoms with Crippen molar-refractivity contribution in [3.63, 3.8) is 0 Å². The number of hydrogen-bond acceptors (Lipinski definition) is 3. The Morgan fingerprint density at radius 1 is 1.00 bits per heavy atom.